The lowest BCUT2D eigenvalue weighted by atomic mass is 9.82. The molecular formula is C58H44N2. The molecule has 0 aliphatic heterocycles. The summed E-state index contributed by atoms with van der Waals surface area (Å²) in [6.45, 7) is 4.71. The number of rotatable bonds is 7. The van der Waals surface area contributed by atoms with E-state index in [9.17, 15) is 0 Å². The van der Waals surface area contributed by atoms with Crippen LogP contribution in [0.15, 0.2) is 212 Å². The van der Waals surface area contributed by atoms with E-state index in [1.165, 1.54) is 88.6 Å². The van der Waals surface area contributed by atoms with Gasteiger partial charge in [-0.15, -0.1) is 0 Å². The lowest BCUT2D eigenvalue weighted by Crippen LogP contribution is -2.16. The number of hydrogen-bond acceptors (Lipinski definition) is 1. The van der Waals surface area contributed by atoms with Crippen molar-refractivity contribution in [1.82, 2.24) is 4.57 Å². The van der Waals surface area contributed by atoms with Crippen LogP contribution in [0.25, 0.3) is 77.4 Å². The van der Waals surface area contributed by atoms with Gasteiger partial charge in [-0.3, -0.25) is 0 Å². The van der Waals surface area contributed by atoms with Crippen molar-refractivity contribution in [2.45, 2.75) is 19.3 Å². The molecule has 0 amide bonds. The zero-order chi connectivity index (χ0) is 40.4. The Balaban J connectivity index is 0.984. The summed E-state index contributed by atoms with van der Waals surface area (Å²) in [5, 5.41) is 3.82. The van der Waals surface area contributed by atoms with Gasteiger partial charge in [0.05, 0.1) is 5.69 Å². The molecule has 2 nitrogen and oxygen atoms in total. The van der Waals surface area contributed by atoms with E-state index >= 15 is 0 Å². The summed E-state index contributed by atoms with van der Waals surface area (Å²) in [4.78, 5) is 2.40. The summed E-state index contributed by atoms with van der Waals surface area (Å²) in [7, 11) is 2.20. The normalized spacial score (nSPS) is 12.7. The van der Waals surface area contributed by atoms with Crippen LogP contribution in [0.5, 0.6) is 0 Å². The first-order valence-electron chi connectivity index (χ1n) is 20.9. The average molecular weight is 769 g/mol. The summed E-state index contributed by atoms with van der Waals surface area (Å²) >= 11 is 0. The topological polar surface area (TPSA) is 8.17 Å². The molecule has 9 aromatic carbocycles. The van der Waals surface area contributed by atoms with Crippen LogP contribution in [0.3, 0.4) is 0 Å². The molecule has 0 atom stereocenters. The third kappa shape index (κ3) is 5.79. The smallest absolute Gasteiger partial charge is 0.0568 e. The first kappa shape index (κ1) is 35.7. The largest absolute Gasteiger partial charge is 0.343 e. The van der Waals surface area contributed by atoms with Gasteiger partial charge in [-0.25, -0.2) is 0 Å². The van der Waals surface area contributed by atoms with Crippen LogP contribution in [0.2, 0.25) is 0 Å². The molecule has 0 saturated heterocycles. The molecule has 60 heavy (non-hydrogen) atoms. The van der Waals surface area contributed by atoms with E-state index < -0.39 is 0 Å². The van der Waals surface area contributed by atoms with Gasteiger partial charge in [-0.1, -0.05) is 184 Å². The molecule has 0 bridgehead atoms. The number of anilines is 3. The lowest BCUT2D eigenvalue weighted by molar-refractivity contribution is 0.660. The van der Waals surface area contributed by atoms with Crippen molar-refractivity contribution in [2.75, 3.05) is 4.90 Å². The van der Waals surface area contributed by atoms with Crippen molar-refractivity contribution in [3.05, 3.63) is 223 Å². The van der Waals surface area contributed by atoms with Crippen LogP contribution in [0.4, 0.5) is 17.1 Å². The quantitative estimate of drug-likeness (QED) is 0.157. The fraction of sp³-hybridized carbons (Fsp3) is 0.0690. The van der Waals surface area contributed by atoms with E-state index in [0.29, 0.717) is 0 Å². The third-order valence-corrected chi connectivity index (χ3v) is 12.8. The van der Waals surface area contributed by atoms with Crippen LogP contribution >= 0.6 is 0 Å². The van der Waals surface area contributed by atoms with E-state index in [1.54, 1.807) is 0 Å². The summed E-state index contributed by atoms with van der Waals surface area (Å²) in [5.41, 5.74) is 19.6. The van der Waals surface area contributed by atoms with Gasteiger partial charge in [0.15, 0.2) is 0 Å². The number of aromatic nitrogens is 1. The van der Waals surface area contributed by atoms with Crippen LogP contribution in [-0.2, 0) is 12.5 Å². The van der Waals surface area contributed by atoms with Gasteiger partial charge in [-0.2, -0.15) is 0 Å². The van der Waals surface area contributed by atoms with Crippen molar-refractivity contribution < 1.29 is 0 Å². The maximum atomic E-state index is 2.41. The Bertz CT molecular complexity index is 3190. The Kier molecular flexibility index (Phi) is 8.42. The maximum absolute atomic E-state index is 2.41. The molecule has 1 aliphatic rings. The second kappa shape index (κ2) is 14.1. The molecule has 0 spiro atoms. The molecule has 10 aromatic rings. The van der Waals surface area contributed by atoms with E-state index in [-0.39, 0.29) is 5.41 Å². The van der Waals surface area contributed by atoms with Gasteiger partial charge in [0.25, 0.3) is 0 Å². The van der Waals surface area contributed by atoms with Crippen molar-refractivity contribution in [3.8, 4) is 55.8 Å². The molecule has 1 heterocycles. The molecule has 0 saturated carbocycles. The highest BCUT2D eigenvalue weighted by Gasteiger charge is 2.35. The highest BCUT2D eigenvalue weighted by atomic mass is 15.1. The maximum Gasteiger partial charge on any atom is 0.0568 e. The molecular weight excluding hydrogens is 725 g/mol. The first-order chi connectivity index (χ1) is 29.4. The summed E-state index contributed by atoms with van der Waals surface area (Å²) in [5.74, 6) is 0. The minimum atomic E-state index is -0.0954. The van der Waals surface area contributed by atoms with Crippen LogP contribution in [0.1, 0.15) is 25.0 Å². The van der Waals surface area contributed by atoms with Gasteiger partial charge in [-0.05, 0) is 109 Å². The Morgan fingerprint density at radius 1 is 0.400 bits per heavy atom. The molecule has 0 unspecified atom stereocenters. The fourth-order valence-electron chi connectivity index (χ4n) is 9.77. The zero-order valence-electron chi connectivity index (χ0n) is 34.1. The van der Waals surface area contributed by atoms with E-state index in [4.69, 9.17) is 0 Å². The number of benzene rings is 9. The van der Waals surface area contributed by atoms with Crippen LogP contribution in [0, 0.1) is 0 Å². The molecule has 2 heteroatoms. The standard InChI is InChI=1S/C58H44N2/c1-58(2)52-21-13-12-20-50(52)51-36-35-48(38-53(51)58)60(46-31-26-41(27-32-46)39-14-6-4-7-15-39)47-33-28-42(29-34-47)40-22-24-44(25-23-40)55-56-49-19-11-10-16-43(49)30-37-54(56)59(3)57(55)45-17-8-5-9-18-45/h4-38H,1-3H3. The SMILES string of the molecule is Cn1c(-c2ccccc2)c(-c2ccc(-c3ccc(N(c4ccc(-c5ccccc5)cc4)c4ccc5c(c4)C(C)(C)c4ccccc4-5)cc3)cc2)c2c3ccccc3ccc21. The Labute approximate surface area is 352 Å². The molecule has 1 aliphatic carbocycles. The van der Waals surface area contributed by atoms with Crippen LogP contribution < -0.4 is 4.90 Å². The van der Waals surface area contributed by atoms with E-state index in [0.717, 1.165) is 17.1 Å². The van der Waals surface area contributed by atoms with E-state index in [1.807, 2.05) is 0 Å². The van der Waals surface area contributed by atoms with Crippen molar-refractivity contribution >= 4 is 38.7 Å². The van der Waals surface area contributed by atoms with Gasteiger partial charge < -0.3 is 9.47 Å². The second-order valence-electron chi connectivity index (χ2n) is 16.6. The Morgan fingerprint density at radius 2 is 0.900 bits per heavy atom. The fourth-order valence-corrected chi connectivity index (χ4v) is 9.77. The van der Waals surface area contributed by atoms with Crippen molar-refractivity contribution in [3.63, 3.8) is 0 Å². The number of hydrogen-bond donors (Lipinski definition) is 0. The van der Waals surface area contributed by atoms with Gasteiger partial charge >= 0.3 is 0 Å². The van der Waals surface area contributed by atoms with Crippen LogP contribution in [-0.4, -0.2) is 4.57 Å². The highest BCUT2D eigenvalue weighted by molar-refractivity contribution is 6.17. The summed E-state index contributed by atoms with van der Waals surface area (Å²) in [6.07, 6.45) is 0. The third-order valence-electron chi connectivity index (χ3n) is 12.8. The zero-order valence-corrected chi connectivity index (χ0v) is 34.1. The lowest BCUT2D eigenvalue weighted by Gasteiger charge is -2.28. The predicted octanol–water partition coefficient (Wildman–Crippen LogP) is 15.8. The summed E-state index contributed by atoms with van der Waals surface area (Å²) < 4.78 is 2.36. The summed E-state index contributed by atoms with van der Waals surface area (Å²) in [6, 6.07) is 77.8. The highest BCUT2D eigenvalue weighted by Crippen LogP contribution is 2.51. The Hall–Kier alpha value is -7.42. The predicted molar refractivity (Wildman–Crippen MR) is 254 cm³/mol. The molecule has 11 rings (SSSR count). The monoisotopic (exact) mass is 768 g/mol. The number of nitrogens with zero attached hydrogens (tertiary/aromatic N) is 2. The van der Waals surface area contributed by atoms with Gasteiger partial charge in [0.2, 0.25) is 0 Å². The first-order valence-corrected chi connectivity index (χ1v) is 20.9. The van der Waals surface area contributed by atoms with Gasteiger partial charge in [0.1, 0.15) is 0 Å². The number of fused-ring (bicyclic) bond motifs is 6. The molecule has 0 N–H and O–H groups in total. The minimum absolute atomic E-state index is 0.0954. The van der Waals surface area contributed by atoms with Gasteiger partial charge in [0, 0.05) is 46.0 Å². The molecule has 1 aromatic heterocycles. The Morgan fingerprint density at radius 3 is 1.57 bits per heavy atom. The van der Waals surface area contributed by atoms with Crippen molar-refractivity contribution in [2.24, 2.45) is 7.05 Å². The van der Waals surface area contributed by atoms with E-state index in [2.05, 4.69) is 243 Å². The molecule has 286 valence electrons. The van der Waals surface area contributed by atoms with Crippen molar-refractivity contribution in [1.29, 1.82) is 0 Å². The number of aryl methyl sites for hydroxylation is 1. The minimum Gasteiger partial charge on any atom is -0.343 e. The second-order valence-corrected chi connectivity index (χ2v) is 16.6. The average Bonchev–Trinajstić information content (AvgIpc) is 3.74. The molecule has 0 radical (unpaired) electrons. The molecule has 0 fully saturated rings.